The number of thiazole rings is 1. The Kier molecular flexibility index (Phi) is 7.09. The lowest BCUT2D eigenvalue weighted by Crippen LogP contribution is -2.33. The lowest BCUT2D eigenvalue weighted by atomic mass is 9.84. The van der Waals surface area contributed by atoms with Crippen LogP contribution in [0.15, 0.2) is 87.8 Å². The number of sulfonamides is 1. The molecule has 0 radical (unpaired) electrons. The molecule has 0 aliphatic carbocycles. The molecule has 0 saturated carbocycles. The summed E-state index contributed by atoms with van der Waals surface area (Å²) >= 11 is 2.06. The van der Waals surface area contributed by atoms with E-state index >= 15 is 0 Å². The molecule has 0 spiro atoms. The Morgan fingerprint density at radius 2 is 1.74 bits per heavy atom. The zero-order valence-corrected chi connectivity index (χ0v) is 24.4. The average Bonchev–Trinajstić information content (AvgIpc) is 3.40. The van der Waals surface area contributed by atoms with Gasteiger partial charge in [-0.15, -0.1) is 0 Å². The van der Waals surface area contributed by atoms with Gasteiger partial charge >= 0.3 is 4.87 Å². The number of carbonyl (C=O) groups excluding carboxylic acids is 3. The molecule has 4 aromatic rings. The Bertz CT molecular complexity index is 1890. The van der Waals surface area contributed by atoms with Gasteiger partial charge in [-0.25, -0.2) is 18.5 Å². The molecular formula is C28H23N5O6S3. The molecule has 2 aromatic carbocycles. The maximum absolute atomic E-state index is 13.9. The summed E-state index contributed by atoms with van der Waals surface area (Å²) in [5.74, 6) is -2.65. The van der Waals surface area contributed by atoms with Crippen LogP contribution in [0, 0.1) is 12.8 Å². The van der Waals surface area contributed by atoms with Crippen LogP contribution in [0.5, 0.6) is 0 Å². The van der Waals surface area contributed by atoms with Crippen molar-refractivity contribution in [2.45, 2.75) is 34.6 Å². The van der Waals surface area contributed by atoms with Gasteiger partial charge in [-0.3, -0.25) is 28.7 Å². The summed E-state index contributed by atoms with van der Waals surface area (Å²) in [4.78, 5) is 59.4. The predicted molar refractivity (Wildman–Crippen MR) is 158 cm³/mol. The second-order valence-electron chi connectivity index (χ2n) is 9.92. The van der Waals surface area contributed by atoms with Gasteiger partial charge in [0, 0.05) is 28.9 Å². The molecule has 42 heavy (non-hydrogen) atoms. The molecule has 11 nitrogen and oxygen atoms in total. The van der Waals surface area contributed by atoms with E-state index < -0.39 is 37.9 Å². The zero-order valence-electron chi connectivity index (χ0n) is 22.0. The number of fused-ring (bicyclic) bond motifs is 2. The Morgan fingerprint density at radius 3 is 2.38 bits per heavy atom. The fourth-order valence-corrected chi connectivity index (χ4v) is 8.48. The normalized spacial score (nSPS) is 19.9. The molecule has 6 rings (SSSR count). The number of primary sulfonamides is 1. The molecular weight excluding hydrogens is 599 g/mol. The van der Waals surface area contributed by atoms with Crippen LogP contribution in [0.3, 0.4) is 0 Å². The van der Waals surface area contributed by atoms with E-state index in [4.69, 9.17) is 5.14 Å². The maximum atomic E-state index is 13.9. The van der Waals surface area contributed by atoms with Crippen molar-refractivity contribution in [3.05, 3.63) is 98.7 Å². The van der Waals surface area contributed by atoms with Gasteiger partial charge in [-0.2, -0.15) is 0 Å². The second-order valence-corrected chi connectivity index (χ2v) is 13.6. The van der Waals surface area contributed by atoms with Gasteiger partial charge in [0.1, 0.15) is 11.8 Å². The molecule has 3 amide bonds. The number of rotatable bonds is 6. The minimum atomic E-state index is -3.89. The molecule has 1 fully saturated rings. The lowest BCUT2D eigenvalue weighted by Gasteiger charge is -2.30. The van der Waals surface area contributed by atoms with E-state index in [-0.39, 0.29) is 23.3 Å². The molecule has 3 atom stereocenters. The van der Waals surface area contributed by atoms with E-state index in [0.717, 1.165) is 28.7 Å². The summed E-state index contributed by atoms with van der Waals surface area (Å²) < 4.78 is 24.3. The van der Waals surface area contributed by atoms with Crippen LogP contribution in [0.1, 0.15) is 21.9 Å². The summed E-state index contributed by atoms with van der Waals surface area (Å²) in [6, 6.07) is 16.0. The Hall–Kier alpha value is -4.11. The molecule has 0 bridgehead atoms. The summed E-state index contributed by atoms with van der Waals surface area (Å²) in [5.41, 5.74) is 2.47. The van der Waals surface area contributed by atoms with Crippen LogP contribution in [-0.4, -0.2) is 40.9 Å². The number of hydrogen-bond acceptors (Lipinski definition) is 9. The van der Waals surface area contributed by atoms with Crippen molar-refractivity contribution >= 4 is 62.2 Å². The van der Waals surface area contributed by atoms with Crippen molar-refractivity contribution in [3.8, 4) is 0 Å². The van der Waals surface area contributed by atoms with E-state index in [1.54, 1.807) is 30.6 Å². The topological polar surface area (TPSA) is 162 Å². The third-order valence-electron chi connectivity index (χ3n) is 7.15. The van der Waals surface area contributed by atoms with Crippen molar-refractivity contribution in [1.82, 2.24) is 9.55 Å². The maximum Gasteiger partial charge on any atom is 0.308 e. The largest absolute Gasteiger partial charge is 0.325 e. The third-order valence-corrected chi connectivity index (χ3v) is 10.7. The fourth-order valence-electron chi connectivity index (χ4n) is 5.19. The number of thioether (sulfide) groups is 1. The first-order valence-electron chi connectivity index (χ1n) is 12.7. The molecule has 3 N–H and O–H groups in total. The van der Waals surface area contributed by atoms with Crippen molar-refractivity contribution in [1.29, 1.82) is 0 Å². The van der Waals surface area contributed by atoms with Gasteiger partial charge in [-0.05, 0) is 55.0 Å². The van der Waals surface area contributed by atoms with Gasteiger partial charge in [0.25, 0.3) is 0 Å². The smallest absolute Gasteiger partial charge is 0.308 e. The van der Waals surface area contributed by atoms with Gasteiger partial charge < -0.3 is 5.32 Å². The first kappa shape index (κ1) is 28.0. The monoisotopic (exact) mass is 621 g/mol. The van der Waals surface area contributed by atoms with Crippen LogP contribution in [0.25, 0.3) is 0 Å². The third kappa shape index (κ3) is 4.96. The number of nitrogens with two attached hydrogens (primary N) is 1. The standard InChI is InChI=1S/C28H23N5O6S3/c1-15-4-8-18(9-5-15)33-25(35)22-21(16-3-2-12-30-13-16)24-27(40-23(22)26(33)36)32(28(37)41-24)14-20(34)31-17-6-10-19(11-7-17)42(29,38)39/h2-13,21-23H,14H2,1H3,(H,31,34)(H2,29,38,39)/t21-,22+,23-/m0/s1. The highest BCUT2D eigenvalue weighted by Crippen LogP contribution is 2.53. The number of nitrogens with zero attached hydrogens (tertiary/aromatic N) is 3. The van der Waals surface area contributed by atoms with Crippen LogP contribution < -0.4 is 20.2 Å². The van der Waals surface area contributed by atoms with Gasteiger partial charge in [0.05, 0.1) is 21.5 Å². The first-order valence-corrected chi connectivity index (χ1v) is 15.9. The Labute approximate surface area is 248 Å². The molecule has 14 heteroatoms. The summed E-state index contributed by atoms with van der Waals surface area (Å²) in [5, 5.41) is 7.42. The van der Waals surface area contributed by atoms with E-state index in [9.17, 15) is 27.6 Å². The molecule has 214 valence electrons. The number of aryl methyl sites for hydroxylation is 1. The van der Waals surface area contributed by atoms with Crippen molar-refractivity contribution < 1.29 is 22.8 Å². The SMILES string of the molecule is Cc1ccc(N2C(=O)[C@@H]3[C@H](c4cccnc4)c4sc(=O)n(CC(=O)Nc5ccc(S(N)(=O)=O)cc5)c4S[C@@H]3C2=O)cc1. The molecule has 2 aliphatic heterocycles. The fraction of sp³-hybridized carbons (Fsp3) is 0.179. The second kappa shape index (κ2) is 10.6. The number of anilines is 2. The minimum absolute atomic E-state index is 0.105. The number of pyridine rings is 1. The number of nitrogens with one attached hydrogen (secondary N) is 1. The zero-order chi connectivity index (χ0) is 29.8. The molecule has 1 saturated heterocycles. The minimum Gasteiger partial charge on any atom is -0.325 e. The number of amides is 3. The number of benzene rings is 2. The van der Waals surface area contributed by atoms with E-state index in [1.807, 2.05) is 25.1 Å². The number of aromatic nitrogens is 2. The molecule has 2 aromatic heterocycles. The first-order chi connectivity index (χ1) is 20.0. The van der Waals surface area contributed by atoms with Crippen LogP contribution in [0.2, 0.25) is 0 Å². The highest BCUT2D eigenvalue weighted by Gasteiger charge is 2.56. The van der Waals surface area contributed by atoms with E-state index in [1.165, 1.54) is 33.7 Å². The van der Waals surface area contributed by atoms with Crippen LogP contribution in [0.4, 0.5) is 11.4 Å². The summed E-state index contributed by atoms with van der Waals surface area (Å²) in [6.07, 6.45) is 3.23. The predicted octanol–water partition coefficient (Wildman–Crippen LogP) is 2.70. The molecule has 2 aliphatic rings. The van der Waals surface area contributed by atoms with Crippen molar-refractivity contribution in [2.24, 2.45) is 11.1 Å². The number of carbonyl (C=O) groups is 3. The molecule has 0 unspecified atom stereocenters. The number of imide groups is 1. The van der Waals surface area contributed by atoms with Crippen LogP contribution >= 0.6 is 23.1 Å². The number of hydrogen-bond donors (Lipinski definition) is 2. The Morgan fingerprint density at radius 1 is 1.02 bits per heavy atom. The quantitative estimate of drug-likeness (QED) is 0.311. The van der Waals surface area contributed by atoms with Crippen molar-refractivity contribution in [3.63, 3.8) is 0 Å². The van der Waals surface area contributed by atoms with E-state index in [0.29, 0.717) is 26.8 Å². The van der Waals surface area contributed by atoms with Gasteiger partial charge in [-0.1, -0.05) is 46.9 Å². The average molecular weight is 622 g/mol. The molecule has 4 heterocycles. The van der Waals surface area contributed by atoms with Gasteiger partial charge in [0.15, 0.2) is 0 Å². The van der Waals surface area contributed by atoms with Crippen molar-refractivity contribution in [2.75, 3.05) is 10.2 Å². The van der Waals surface area contributed by atoms with Crippen LogP contribution in [-0.2, 0) is 31.0 Å². The summed E-state index contributed by atoms with van der Waals surface area (Å²) in [7, 11) is -3.89. The lowest BCUT2D eigenvalue weighted by molar-refractivity contribution is -0.122. The van der Waals surface area contributed by atoms with Gasteiger partial charge in [0.2, 0.25) is 27.7 Å². The highest BCUT2D eigenvalue weighted by atomic mass is 32.2. The highest BCUT2D eigenvalue weighted by molar-refractivity contribution is 8.00. The van der Waals surface area contributed by atoms with E-state index in [2.05, 4.69) is 10.3 Å². The Balaban J connectivity index is 1.35. The summed E-state index contributed by atoms with van der Waals surface area (Å²) in [6.45, 7) is 1.56.